The maximum atomic E-state index is 12.1. The molecule has 0 aromatic carbocycles. The first-order chi connectivity index (χ1) is 7.33. The van der Waals surface area contributed by atoms with Gasteiger partial charge in [-0.05, 0) is 23.6 Å². The molecule has 0 radical (unpaired) electrons. The Bertz CT molecular complexity index is 447. The summed E-state index contributed by atoms with van der Waals surface area (Å²) in [5.41, 5.74) is 0.786. The minimum Gasteiger partial charge on any atom is -0.344 e. The van der Waals surface area contributed by atoms with Gasteiger partial charge in [0, 0.05) is 17.2 Å². The number of halogens is 1. The van der Waals surface area contributed by atoms with E-state index in [1.807, 2.05) is 40.4 Å². The van der Waals surface area contributed by atoms with Gasteiger partial charge in [-0.2, -0.15) is 0 Å². The molecular formula is C11H10INOS. The van der Waals surface area contributed by atoms with Crippen molar-refractivity contribution < 1.29 is 4.79 Å². The third-order valence-electron chi connectivity index (χ3n) is 2.13. The van der Waals surface area contributed by atoms with E-state index < -0.39 is 0 Å². The van der Waals surface area contributed by atoms with Gasteiger partial charge in [0.2, 0.25) is 5.78 Å². The summed E-state index contributed by atoms with van der Waals surface area (Å²) in [7, 11) is 0. The molecule has 2 rings (SSSR count). The molecule has 0 N–H and O–H groups in total. The third kappa shape index (κ3) is 2.31. The van der Waals surface area contributed by atoms with Crippen LogP contribution in [0.3, 0.4) is 0 Å². The van der Waals surface area contributed by atoms with Crippen LogP contribution in [0.15, 0.2) is 35.8 Å². The quantitative estimate of drug-likeness (QED) is 0.479. The normalized spacial score (nSPS) is 10.5. The number of rotatable bonds is 4. The largest absolute Gasteiger partial charge is 0.344 e. The zero-order valence-electron chi connectivity index (χ0n) is 8.02. The van der Waals surface area contributed by atoms with Gasteiger partial charge in [0.05, 0.1) is 10.6 Å². The van der Waals surface area contributed by atoms with Crippen LogP contribution in [0, 0.1) is 0 Å². The molecule has 4 heteroatoms. The molecule has 0 fully saturated rings. The van der Waals surface area contributed by atoms with E-state index in [-0.39, 0.29) is 5.78 Å². The van der Waals surface area contributed by atoms with Crippen LogP contribution in [0.4, 0.5) is 0 Å². The highest BCUT2D eigenvalue weighted by molar-refractivity contribution is 14.1. The van der Waals surface area contributed by atoms with Gasteiger partial charge in [0.25, 0.3) is 0 Å². The predicted molar refractivity (Wildman–Crippen MR) is 71.1 cm³/mol. The van der Waals surface area contributed by atoms with Crippen LogP contribution in [0.5, 0.6) is 0 Å². The summed E-state index contributed by atoms with van der Waals surface area (Å²) in [5, 5.41) is 1.93. The Morgan fingerprint density at radius 2 is 2.27 bits per heavy atom. The molecule has 78 valence electrons. The summed E-state index contributed by atoms with van der Waals surface area (Å²) in [6, 6.07) is 7.58. The van der Waals surface area contributed by atoms with Gasteiger partial charge in [-0.25, -0.2) is 0 Å². The van der Waals surface area contributed by atoms with Gasteiger partial charge in [0.1, 0.15) is 0 Å². The molecule has 0 unspecified atom stereocenters. The third-order valence-corrected chi connectivity index (χ3v) is 3.48. The second-order valence-corrected chi connectivity index (χ2v) is 5.11. The van der Waals surface area contributed by atoms with E-state index in [4.69, 9.17) is 0 Å². The first kappa shape index (κ1) is 10.9. The zero-order valence-corrected chi connectivity index (χ0v) is 11.0. The molecule has 0 bridgehead atoms. The summed E-state index contributed by atoms with van der Waals surface area (Å²) in [4.78, 5) is 12.9. The lowest BCUT2D eigenvalue weighted by molar-refractivity contribution is 0.103. The molecule has 0 aliphatic heterocycles. The van der Waals surface area contributed by atoms with Gasteiger partial charge in [-0.1, -0.05) is 28.7 Å². The lowest BCUT2D eigenvalue weighted by Gasteiger charge is -2.04. The molecule has 0 spiro atoms. The molecule has 2 aromatic heterocycles. The van der Waals surface area contributed by atoms with Crippen molar-refractivity contribution >= 4 is 39.7 Å². The standard InChI is InChI=1S/C11H10INOS/c12-5-7-13-6-1-3-9(13)11(14)10-4-2-8-15-10/h1-4,6,8H,5,7H2. The molecule has 0 saturated heterocycles. The van der Waals surface area contributed by atoms with Crippen molar-refractivity contribution in [1.82, 2.24) is 4.57 Å². The number of alkyl halides is 1. The van der Waals surface area contributed by atoms with Crippen molar-refractivity contribution in [2.45, 2.75) is 6.54 Å². The Balaban J connectivity index is 2.29. The van der Waals surface area contributed by atoms with Crippen LogP contribution < -0.4 is 0 Å². The highest BCUT2D eigenvalue weighted by Gasteiger charge is 2.13. The van der Waals surface area contributed by atoms with E-state index in [1.165, 1.54) is 11.3 Å². The highest BCUT2D eigenvalue weighted by atomic mass is 127. The SMILES string of the molecule is O=C(c1cccs1)c1cccn1CCI. The van der Waals surface area contributed by atoms with Gasteiger partial charge in [-0.15, -0.1) is 11.3 Å². The van der Waals surface area contributed by atoms with Crippen LogP contribution in [0.1, 0.15) is 15.4 Å². The molecular weight excluding hydrogens is 321 g/mol. The van der Waals surface area contributed by atoms with E-state index in [9.17, 15) is 4.79 Å². The number of carbonyl (C=O) groups excluding carboxylic acids is 1. The minimum atomic E-state index is 0.125. The van der Waals surface area contributed by atoms with E-state index in [0.717, 1.165) is 21.5 Å². The number of hydrogen-bond donors (Lipinski definition) is 0. The van der Waals surface area contributed by atoms with Gasteiger partial charge < -0.3 is 4.57 Å². The molecule has 0 aliphatic carbocycles. The van der Waals surface area contributed by atoms with Crippen LogP contribution in [0.25, 0.3) is 0 Å². The van der Waals surface area contributed by atoms with Crippen molar-refractivity contribution in [1.29, 1.82) is 0 Å². The van der Waals surface area contributed by atoms with Crippen molar-refractivity contribution in [3.05, 3.63) is 46.4 Å². The molecule has 2 aromatic rings. The van der Waals surface area contributed by atoms with E-state index in [0.29, 0.717) is 0 Å². The van der Waals surface area contributed by atoms with Crippen LogP contribution in [0.2, 0.25) is 0 Å². The Labute approximate surface area is 106 Å². The minimum absolute atomic E-state index is 0.125. The second-order valence-electron chi connectivity index (χ2n) is 3.08. The van der Waals surface area contributed by atoms with Gasteiger partial charge >= 0.3 is 0 Å². The Morgan fingerprint density at radius 1 is 1.40 bits per heavy atom. The molecule has 0 saturated carbocycles. The summed E-state index contributed by atoms with van der Waals surface area (Å²) in [6.07, 6.45) is 1.96. The van der Waals surface area contributed by atoms with E-state index in [1.54, 1.807) is 0 Å². The number of nitrogens with zero attached hydrogens (tertiary/aromatic N) is 1. The molecule has 2 nitrogen and oxygen atoms in total. The summed E-state index contributed by atoms with van der Waals surface area (Å²) < 4.78 is 3.02. The number of carbonyl (C=O) groups is 1. The lowest BCUT2D eigenvalue weighted by Crippen LogP contribution is -2.09. The van der Waals surface area contributed by atoms with Gasteiger partial charge in [-0.3, -0.25) is 4.79 Å². The van der Waals surface area contributed by atoms with Crippen LogP contribution in [-0.4, -0.2) is 14.8 Å². The first-order valence-corrected chi connectivity index (χ1v) is 7.03. The maximum Gasteiger partial charge on any atom is 0.219 e. The number of aryl methyl sites for hydroxylation is 1. The van der Waals surface area contributed by atoms with E-state index in [2.05, 4.69) is 22.6 Å². The smallest absolute Gasteiger partial charge is 0.219 e. The first-order valence-electron chi connectivity index (χ1n) is 4.62. The molecule has 15 heavy (non-hydrogen) atoms. The van der Waals surface area contributed by atoms with Crippen molar-refractivity contribution in [2.75, 3.05) is 4.43 Å². The average molecular weight is 331 g/mol. The number of aromatic nitrogens is 1. The number of ketones is 1. The fourth-order valence-electron chi connectivity index (χ4n) is 1.44. The Morgan fingerprint density at radius 3 is 2.93 bits per heavy atom. The molecule has 0 amide bonds. The molecule has 0 atom stereocenters. The zero-order chi connectivity index (χ0) is 10.7. The fourth-order valence-corrected chi connectivity index (χ4v) is 2.63. The summed E-state index contributed by atoms with van der Waals surface area (Å²) in [6.45, 7) is 0.889. The highest BCUT2D eigenvalue weighted by Crippen LogP contribution is 2.15. The summed E-state index contributed by atoms with van der Waals surface area (Å²) >= 11 is 3.80. The Hall–Kier alpha value is -0.620. The molecule has 2 heterocycles. The topological polar surface area (TPSA) is 22.0 Å². The number of hydrogen-bond acceptors (Lipinski definition) is 2. The average Bonchev–Trinajstić information content (AvgIpc) is 2.87. The Kier molecular flexibility index (Phi) is 3.58. The van der Waals surface area contributed by atoms with Crippen molar-refractivity contribution in [2.24, 2.45) is 0 Å². The lowest BCUT2D eigenvalue weighted by atomic mass is 10.2. The van der Waals surface area contributed by atoms with Crippen LogP contribution in [-0.2, 0) is 6.54 Å². The van der Waals surface area contributed by atoms with Crippen molar-refractivity contribution in [3.63, 3.8) is 0 Å². The maximum absolute atomic E-state index is 12.1. The van der Waals surface area contributed by atoms with Crippen LogP contribution >= 0.6 is 33.9 Å². The van der Waals surface area contributed by atoms with E-state index >= 15 is 0 Å². The fraction of sp³-hybridized carbons (Fsp3) is 0.182. The summed E-state index contributed by atoms with van der Waals surface area (Å²) in [5.74, 6) is 0.125. The monoisotopic (exact) mass is 331 g/mol. The second kappa shape index (κ2) is 4.94. The predicted octanol–water partition coefficient (Wildman–Crippen LogP) is 3.22. The van der Waals surface area contributed by atoms with Gasteiger partial charge in [0.15, 0.2) is 0 Å². The van der Waals surface area contributed by atoms with Crippen molar-refractivity contribution in [3.8, 4) is 0 Å². The molecule has 0 aliphatic rings. The number of thiophene rings is 1.